The average molecular weight is 554 g/mol. The summed E-state index contributed by atoms with van der Waals surface area (Å²) in [4.78, 5) is 28.7. The number of likely N-dealkylation sites (N-methyl/N-ethyl adjacent to an activating group) is 2. The lowest BCUT2D eigenvalue weighted by Gasteiger charge is -2.53. The number of aromatic amines is 1. The third kappa shape index (κ3) is 4.62. The molecule has 218 valence electrons. The highest BCUT2D eigenvalue weighted by molar-refractivity contribution is 5.83. The van der Waals surface area contributed by atoms with E-state index in [1.807, 2.05) is 11.8 Å². The molecule has 3 fully saturated rings. The minimum atomic E-state index is -0.537. The summed E-state index contributed by atoms with van der Waals surface area (Å²) in [7, 11) is 4.16. The average Bonchev–Trinajstić information content (AvgIpc) is 3.54. The summed E-state index contributed by atoms with van der Waals surface area (Å²) < 4.78 is 14.3. The van der Waals surface area contributed by atoms with Crippen LogP contribution in [0, 0.1) is 11.7 Å². The highest BCUT2D eigenvalue weighted by Gasteiger charge is 2.47. The summed E-state index contributed by atoms with van der Waals surface area (Å²) in [6.07, 6.45) is 4.29. The monoisotopic (exact) mass is 553 g/mol. The molecule has 10 heteroatoms. The Labute approximate surface area is 236 Å². The van der Waals surface area contributed by atoms with Crippen LogP contribution in [0.5, 0.6) is 5.75 Å². The van der Waals surface area contributed by atoms with Crippen molar-refractivity contribution in [2.45, 2.75) is 89.0 Å². The van der Waals surface area contributed by atoms with E-state index in [9.17, 15) is 14.3 Å². The largest absolute Gasteiger partial charge is 0.505 e. The summed E-state index contributed by atoms with van der Waals surface area (Å²) >= 11 is 0. The maximum absolute atomic E-state index is 14.3. The Morgan fingerprint density at radius 2 is 2.00 bits per heavy atom. The highest BCUT2D eigenvalue weighted by Crippen LogP contribution is 2.45. The lowest BCUT2D eigenvalue weighted by molar-refractivity contribution is -0.150. The van der Waals surface area contributed by atoms with Crippen molar-refractivity contribution in [3.63, 3.8) is 0 Å². The Balaban J connectivity index is 1.15. The molecule has 4 aliphatic rings. The quantitative estimate of drug-likeness (QED) is 0.437. The number of halogens is 1. The van der Waals surface area contributed by atoms with Crippen LogP contribution in [-0.4, -0.2) is 87.0 Å². The minimum Gasteiger partial charge on any atom is -0.505 e. The molecule has 40 heavy (non-hydrogen) atoms. The third-order valence-corrected chi connectivity index (χ3v) is 10.3. The van der Waals surface area contributed by atoms with E-state index in [-0.39, 0.29) is 41.2 Å². The molecule has 1 aliphatic carbocycles. The van der Waals surface area contributed by atoms with E-state index in [4.69, 9.17) is 4.98 Å². The number of nitrogens with one attached hydrogen (secondary N) is 3. The molecule has 4 N–H and O–H groups in total. The number of phenolic OH excluding ortho intramolecular Hbond substituents is 1. The second kappa shape index (κ2) is 10.4. The smallest absolute Gasteiger partial charge is 0.240 e. The second-order valence-corrected chi connectivity index (χ2v) is 12.8. The SMILES string of the molecule is CCc1cc(O)c(F)cc1C1CCC2C(C1)NNC2c1nc2c([nH]1)CN(CC)[C@H](C(=O)N1CC(C)(N(C)C)C1)C2. The van der Waals surface area contributed by atoms with E-state index < -0.39 is 5.82 Å². The first-order valence-electron chi connectivity index (χ1n) is 14.9. The van der Waals surface area contributed by atoms with Gasteiger partial charge in [-0.25, -0.2) is 14.8 Å². The van der Waals surface area contributed by atoms with Crippen LogP contribution in [0.15, 0.2) is 12.1 Å². The van der Waals surface area contributed by atoms with Crippen molar-refractivity contribution in [2.75, 3.05) is 33.7 Å². The van der Waals surface area contributed by atoms with Gasteiger partial charge >= 0.3 is 0 Å². The van der Waals surface area contributed by atoms with Crippen molar-refractivity contribution in [1.82, 2.24) is 35.5 Å². The highest BCUT2D eigenvalue weighted by atomic mass is 19.1. The lowest BCUT2D eigenvalue weighted by Crippen LogP contribution is -2.70. The van der Waals surface area contributed by atoms with Gasteiger partial charge in [0.1, 0.15) is 5.82 Å². The Morgan fingerprint density at radius 3 is 2.70 bits per heavy atom. The number of hydrogen-bond acceptors (Lipinski definition) is 7. The molecule has 1 aromatic heterocycles. The van der Waals surface area contributed by atoms with Crippen LogP contribution >= 0.6 is 0 Å². The van der Waals surface area contributed by atoms with Crippen LogP contribution < -0.4 is 10.9 Å². The van der Waals surface area contributed by atoms with E-state index in [1.54, 1.807) is 6.07 Å². The number of aryl methyl sites for hydroxylation is 1. The van der Waals surface area contributed by atoms with Gasteiger partial charge in [-0.05, 0) is 88.3 Å². The van der Waals surface area contributed by atoms with Crippen molar-refractivity contribution < 1.29 is 14.3 Å². The van der Waals surface area contributed by atoms with E-state index in [0.717, 1.165) is 73.7 Å². The number of H-pyrrole nitrogens is 1. The number of imidazole rings is 1. The van der Waals surface area contributed by atoms with Gasteiger partial charge in [0.15, 0.2) is 11.6 Å². The fraction of sp³-hybridized carbons (Fsp3) is 0.667. The standard InChI is InChI=1S/C30H44FN7O2/c1-6-17-11-26(39)21(31)12-20(17)18-8-9-19-22(10-18)34-35-27(19)28-32-23-13-25(37(7-2)14-24(23)33-28)29(40)38-15-30(3,16-38)36(4)5/h11-12,18-19,22,25,27,34-35,39H,6-10,13-16H2,1-5H3,(H,32,33)/t18?,19?,22?,25-,27?/m0/s1. The first kappa shape index (κ1) is 27.6. The molecular formula is C30H44FN7O2. The van der Waals surface area contributed by atoms with Gasteiger partial charge < -0.3 is 19.9 Å². The molecule has 0 spiro atoms. The van der Waals surface area contributed by atoms with E-state index >= 15 is 0 Å². The van der Waals surface area contributed by atoms with Crippen LogP contribution in [0.1, 0.15) is 80.3 Å². The number of aromatic nitrogens is 2. The fourth-order valence-electron chi connectivity index (χ4n) is 7.46. The van der Waals surface area contributed by atoms with Crippen molar-refractivity contribution in [2.24, 2.45) is 5.92 Å². The zero-order valence-electron chi connectivity index (χ0n) is 24.4. The van der Waals surface area contributed by atoms with Gasteiger partial charge in [0.2, 0.25) is 5.91 Å². The molecule has 1 saturated carbocycles. The van der Waals surface area contributed by atoms with E-state index in [2.05, 4.69) is 53.6 Å². The van der Waals surface area contributed by atoms with Crippen molar-refractivity contribution in [3.05, 3.63) is 46.3 Å². The Kier molecular flexibility index (Phi) is 7.17. The van der Waals surface area contributed by atoms with Gasteiger partial charge in [-0.3, -0.25) is 15.1 Å². The number of hydrazine groups is 1. The maximum Gasteiger partial charge on any atom is 0.240 e. The van der Waals surface area contributed by atoms with Crippen molar-refractivity contribution >= 4 is 5.91 Å². The summed E-state index contributed by atoms with van der Waals surface area (Å²) in [5, 5.41) is 9.86. The number of fused-ring (bicyclic) bond motifs is 2. The topological polar surface area (TPSA) is 99.8 Å². The number of hydrogen-bond donors (Lipinski definition) is 4. The Bertz CT molecular complexity index is 1270. The number of aromatic hydroxyl groups is 1. The number of likely N-dealkylation sites (tertiary alicyclic amines) is 1. The van der Waals surface area contributed by atoms with Crippen LogP contribution in [-0.2, 0) is 24.2 Å². The van der Waals surface area contributed by atoms with Crippen LogP contribution in [0.25, 0.3) is 0 Å². The number of carbonyl (C=O) groups excluding carboxylic acids is 1. The molecule has 2 aromatic rings. The summed E-state index contributed by atoms with van der Waals surface area (Å²) in [6.45, 7) is 9.44. The summed E-state index contributed by atoms with van der Waals surface area (Å²) in [5.74, 6) is 0.989. The molecule has 1 aromatic carbocycles. The molecule has 4 heterocycles. The minimum absolute atomic E-state index is 0.0529. The molecule has 2 saturated heterocycles. The molecular weight excluding hydrogens is 509 g/mol. The first-order valence-corrected chi connectivity index (χ1v) is 14.9. The molecule has 0 radical (unpaired) electrons. The lowest BCUT2D eigenvalue weighted by atomic mass is 9.73. The normalized spacial score (nSPS) is 29.8. The molecule has 0 bridgehead atoms. The molecule has 9 nitrogen and oxygen atoms in total. The van der Waals surface area contributed by atoms with Crippen LogP contribution in [0.4, 0.5) is 4.39 Å². The predicted octanol–water partition coefficient (Wildman–Crippen LogP) is 2.83. The van der Waals surface area contributed by atoms with Crippen molar-refractivity contribution in [3.8, 4) is 5.75 Å². The Hall–Kier alpha value is -2.53. The molecule has 6 rings (SSSR count). The maximum atomic E-state index is 14.3. The predicted molar refractivity (Wildman–Crippen MR) is 151 cm³/mol. The summed E-state index contributed by atoms with van der Waals surface area (Å²) in [5.41, 5.74) is 11.3. The number of nitrogens with zero attached hydrogens (tertiary/aromatic N) is 4. The van der Waals surface area contributed by atoms with Gasteiger partial charge in [0, 0.05) is 32.1 Å². The van der Waals surface area contributed by atoms with E-state index in [0.29, 0.717) is 18.9 Å². The number of rotatable bonds is 6. The molecule has 1 amide bonds. The number of amides is 1. The number of carbonyl (C=O) groups is 1. The second-order valence-electron chi connectivity index (χ2n) is 12.8. The number of benzene rings is 1. The van der Waals surface area contributed by atoms with Gasteiger partial charge in [0.25, 0.3) is 0 Å². The zero-order chi connectivity index (χ0) is 28.3. The van der Waals surface area contributed by atoms with E-state index in [1.165, 1.54) is 6.07 Å². The fourth-order valence-corrected chi connectivity index (χ4v) is 7.46. The van der Waals surface area contributed by atoms with Crippen LogP contribution in [0.3, 0.4) is 0 Å². The van der Waals surface area contributed by atoms with Crippen molar-refractivity contribution in [1.29, 1.82) is 0 Å². The van der Waals surface area contributed by atoms with Gasteiger partial charge in [0.05, 0.1) is 29.0 Å². The summed E-state index contributed by atoms with van der Waals surface area (Å²) in [6, 6.07) is 3.29. The Morgan fingerprint density at radius 1 is 1.23 bits per heavy atom. The molecule has 4 unspecified atom stereocenters. The third-order valence-electron chi connectivity index (χ3n) is 10.3. The van der Waals surface area contributed by atoms with Gasteiger partial charge in [-0.1, -0.05) is 13.8 Å². The zero-order valence-corrected chi connectivity index (χ0v) is 24.4. The van der Waals surface area contributed by atoms with Gasteiger partial charge in [-0.15, -0.1) is 0 Å². The first-order chi connectivity index (χ1) is 19.1. The molecule has 5 atom stereocenters. The number of phenols is 1. The van der Waals surface area contributed by atoms with Crippen LogP contribution in [0.2, 0.25) is 0 Å². The molecule has 3 aliphatic heterocycles. The van der Waals surface area contributed by atoms with Gasteiger partial charge in [-0.2, -0.15) is 0 Å².